The third kappa shape index (κ3) is 2.65. The Kier molecular flexibility index (Phi) is 4.08. The fourth-order valence-electron chi connectivity index (χ4n) is 7.71. The van der Waals surface area contributed by atoms with Crippen molar-refractivity contribution < 1.29 is 33.4 Å². The molecule has 0 radical (unpaired) electrons. The Balaban J connectivity index is 1.78. The van der Waals surface area contributed by atoms with E-state index in [-0.39, 0.29) is 42.3 Å². The van der Waals surface area contributed by atoms with E-state index < -0.39 is 47.7 Å². The van der Waals surface area contributed by atoms with Gasteiger partial charge in [0.2, 0.25) is 5.78 Å². The van der Waals surface area contributed by atoms with Gasteiger partial charge in [0.1, 0.15) is 6.61 Å². The van der Waals surface area contributed by atoms with Gasteiger partial charge in [0, 0.05) is 27.7 Å². The standard InChI is InChI=1S/C24H32O6/c1-13-9-16-17-6-8-24(20(29)12-25,30-14(2)26)23(17,4)11-19(28)21(16)22(3)7-5-15(27)10-18(13)22/h5,7,10,13,16-17,19,21,25,28H,6,8-9,11-12H2,1-4H3/t13-,16-,17-,19-,21+,22-,23-,24-/m0/s1/i2D3. The second-order valence-corrected chi connectivity index (χ2v) is 10.1. The molecule has 0 spiro atoms. The summed E-state index contributed by atoms with van der Waals surface area (Å²) in [5, 5.41) is 21.2. The van der Waals surface area contributed by atoms with Crippen LogP contribution in [0.1, 0.15) is 57.4 Å². The van der Waals surface area contributed by atoms with Crippen LogP contribution in [-0.2, 0) is 19.1 Å². The van der Waals surface area contributed by atoms with Crippen molar-refractivity contribution >= 4 is 17.5 Å². The van der Waals surface area contributed by atoms with Crippen molar-refractivity contribution in [2.45, 2.75) is 65.0 Å². The van der Waals surface area contributed by atoms with Crippen molar-refractivity contribution in [1.82, 2.24) is 0 Å². The molecule has 0 aromatic heterocycles. The van der Waals surface area contributed by atoms with E-state index in [1.807, 2.05) is 13.0 Å². The van der Waals surface area contributed by atoms with Crippen LogP contribution in [0.25, 0.3) is 0 Å². The molecular weight excluding hydrogens is 384 g/mol. The van der Waals surface area contributed by atoms with Gasteiger partial charge in [-0.15, -0.1) is 0 Å². The van der Waals surface area contributed by atoms with Crippen LogP contribution in [0.2, 0.25) is 0 Å². The Labute approximate surface area is 181 Å². The first-order valence-electron chi connectivity index (χ1n) is 12.2. The first kappa shape index (κ1) is 17.8. The molecule has 3 saturated carbocycles. The number of Topliss-reactive ketones (excluding diaryl/α,β-unsaturated/α-hetero) is 1. The molecule has 0 aromatic rings. The lowest BCUT2D eigenvalue weighted by Crippen LogP contribution is -2.63. The molecule has 0 heterocycles. The van der Waals surface area contributed by atoms with Crippen molar-refractivity contribution in [3.63, 3.8) is 0 Å². The maximum atomic E-state index is 13.1. The zero-order valence-electron chi connectivity index (χ0n) is 20.7. The minimum atomic E-state index is -3.04. The summed E-state index contributed by atoms with van der Waals surface area (Å²) < 4.78 is 27.8. The largest absolute Gasteiger partial charge is 0.451 e. The summed E-state index contributed by atoms with van der Waals surface area (Å²) in [5.41, 5.74) is -2.34. The number of allylic oxidation sites excluding steroid dienone is 4. The maximum Gasteiger partial charge on any atom is 0.303 e. The Bertz CT molecular complexity index is 954. The number of rotatable bonds is 3. The molecule has 2 N–H and O–H groups in total. The Morgan fingerprint density at radius 2 is 2.10 bits per heavy atom. The molecule has 6 heteroatoms. The fraction of sp³-hybridized carbons (Fsp3) is 0.708. The topological polar surface area (TPSA) is 101 Å². The van der Waals surface area contributed by atoms with Crippen LogP contribution in [0.4, 0.5) is 0 Å². The number of aliphatic hydroxyl groups excluding tert-OH is 2. The average Bonchev–Trinajstić information content (AvgIpc) is 3.00. The lowest BCUT2D eigenvalue weighted by atomic mass is 9.44. The van der Waals surface area contributed by atoms with Crippen LogP contribution < -0.4 is 0 Å². The van der Waals surface area contributed by atoms with Crippen molar-refractivity contribution in [1.29, 1.82) is 0 Å². The number of carbonyl (C=O) groups excluding carboxylic acids is 3. The maximum absolute atomic E-state index is 13.1. The van der Waals surface area contributed by atoms with Crippen molar-refractivity contribution in [2.24, 2.45) is 34.5 Å². The zero-order chi connectivity index (χ0) is 24.6. The second-order valence-electron chi connectivity index (χ2n) is 10.1. The first-order chi connectivity index (χ1) is 15.2. The number of esters is 1. The lowest BCUT2D eigenvalue weighted by molar-refractivity contribution is -0.199. The minimum Gasteiger partial charge on any atom is -0.451 e. The lowest BCUT2D eigenvalue weighted by Gasteiger charge is -2.61. The molecule has 3 fully saturated rings. The molecule has 8 atom stereocenters. The van der Waals surface area contributed by atoms with Gasteiger partial charge in [-0.1, -0.05) is 32.4 Å². The predicted octanol–water partition coefficient (Wildman–Crippen LogP) is 2.37. The number of ether oxygens (including phenoxy) is 1. The molecule has 164 valence electrons. The molecule has 0 aliphatic heterocycles. The normalized spacial score (nSPS) is 49.0. The molecule has 0 bridgehead atoms. The summed E-state index contributed by atoms with van der Waals surface area (Å²) in [6.45, 7) is 1.95. The number of ketones is 2. The molecule has 0 amide bonds. The monoisotopic (exact) mass is 419 g/mol. The minimum absolute atomic E-state index is 0.0337. The molecule has 0 aromatic carbocycles. The van der Waals surface area contributed by atoms with Crippen molar-refractivity contribution in [3.05, 3.63) is 23.8 Å². The average molecular weight is 420 g/mol. The molecule has 0 saturated heterocycles. The van der Waals surface area contributed by atoms with Gasteiger partial charge in [-0.05, 0) is 55.6 Å². The quantitative estimate of drug-likeness (QED) is 0.681. The first-order valence-corrected chi connectivity index (χ1v) is 10.7. The van der Waals surface area contributed by atoms with Gasteiger partial charge in [0.15, 0.2) is 11.4 Å². The number of fused-ring (bicyclic) bond motifs is 5. The van der Waals surface area contributed by atoms with Crippen LogP contribution in [0.15, 0.2) is 23.8 Å². The van der Waals surface area contributed by atoms with E-state index in [0.717, 1.165) is 5.57 Å². The van der Waals surface area contributed by atoms with Crippen molar-refractivity contribution in [2.75, 3.05) is 6.61 Å². The van der Waals surface area contributed by atoms with Crippen molar-refractivity contribution in [3.8, 4) is 0 Å². The molecule has 30 heavy (non-hydrogen) atoms. The van der Waals surface area contributed by atoms with Gasteiger partial charge in [-0.25, -0.2) is 0 Å². The molecule has 6 nitrogen and oxygen atoms in total. The van der Waals surface area contributed by atoms with Gasteiger partial charge in [0.05, 0.1) is 6.10 Å². The van der Waals surface area contributed by atoms with E-state index >= 15 is 0 Å². The van der Waals surface area contributed by atoms with E-state index in [9.17, 15) is 24.6 Å². The highest BCUT2D eigenvalue weighted by Crippen LogP contribution is 2.68. The summed E-state index contributed by atoms with van der Waals surface area (Å²) in [5.74, 6) is -2.53. The molecular formula is C24H32O6. The number of carbonyl (C=O) groups is 3. The van der Waals surface area contributed by atoms with Crippen LogP contribution in [-0.4, -0.2) is 46.1 Å². The smallest absolute Gasteiger partial charge is 0.303 e. The number of aliphatic hydroxyl groups is 2. The summed E-state index contributed by atoms with van der Waals surface area (Å²) in [6.07, 6.45) is 5.67. The summed E-state index contributed by atoms with van der Waals surface area (Å²) in [6, 6.07) is 0. The fourth-order valence-corrected chi connectivity index (χ4v) is 7.71. The summed E-state index contributed by atoms with van der Waals surface area (Å²) >= 11 is 0. The van der Waals surface area contributed by atoms with E-state index in [4.69, 9.17) is 8.85 Å². The third-order valence-electron chi connectivity index (χ3n) is 8.80. The zero-order valence-corrected chi connectivity index (χ0v) is 17.7. The third-order valence-corrected chi connectivity index (χ3v) is 8.80. The Hall–Kier alpha value is -1.79. The molecule has 0 unspecified atom stereocenters. The summed E-state index contributed by atoms with van der Waals surface area (Å²) in [7, 11) is 0. The molecule has 4 aliphatic carbocycles. The van der Waals surface area contributed by atoms with Gasteiger partial charge in [0.25, 0.3) is 0 Å². The molecule has 4 rings (SSSR count). The van der Waals surface area contributed by atoms with Crippen LogP contribution in [0.3, 0.4) is 0 Å². The molecule has 4 aliphatic rings. The van der Waals surface area contributed by atoms with Crippen LogP contribution in [0, 0.1) is 34.5 Å². The van der Waals surface area contributed by atoms with Gasteiger partial charge in [-0.3, -0.25) is 14.4 Å². The van der Waals surface area contributed by atoms with E-state index in [1.165, 1.54) is 0 Å². The van der Waals surface area contributed by atoms with Gasteiger partial charge in [-0.2, -0.15) is 0 Å². The van der Waals surface area contributed by atoms with Gasteiger partial charge >= 0.3 is 5.97 Å². The van der Waals surface area contributed by atoms with E-state index in [0.29, 0.717) is 12.8 Å². The highest BCUT2D eigenvalue weighted by Gasteiger charge is 2.70. The van der Waals surface area contributed by atoms with E-state index in [1.54, 1.807) is 19.1 Å². The van der Waals surface area contributed by atoms with Crippen LogP contribution in [0.5, 0.6) is 0 Å². The van der Waals surface area contributed by atoms with E-state index in [2.05, 4.69) is 6.92 Å². The predicted molar refractivity (Wildman–Crippen MR) is 109 cm³/mol. The SMILES string of the molecule is [2H]C([2H])([2H])C(=O)O[C@]1(C(=O)CO)CC[C@H]2[C@@H]3C[C@H](C)C4=CC(=O)C=C[C@]4(C)[C@H]3[C@@H](O)C[C@@]21C. The summed E-state index contributed by atoms with van der Waals surface area (Å²) in [4.78, 5) is 37.6. The Morgan fingerprint density at radius 1 is 1.37 bits per heavy atom. The van der Waals surface area contributed by atoms with Crippen LogP contribution >= 0.6 is 0 Å². The van der Waals surface area contributed by atoms with Gasteiger partial charge < -0.3 is 14.9 Å². The number of hydrogen-bond acceptors (Lipinski definition) is 6. The highest BCUT2D eigenvalue weighted by atomic mass is 16.6. The Morgan fingerprint density at radius 3 is 2.77 bits per heavy atom. The highest BCUT2D eigenvalue weighted by molar-refractivity contribution is 6.01. The number of hydrogen-bond donors (Lipinski definition) is 2. The second kappa shape index (κ2) is 6.86.